The van der Waals surface area contributed by atoms with E-state index >= 15 is 0 Å². The Kier molecular flexibility index (Phi) is 3.36. The zero-order valence-electron chi connectivity index (χ0n) is 7.10. The first kappa shape index (κ1) is 10.1. The molecule has 72 valence electrons. The van der Waals surface area contributed by atoms with Gasteiger partial charge in [-0.25, -0.2) is 4.79 Å². The topological polar surface area (TPSA) is 57.6 Å². The molecular formula is C8H11NO3S. The normalized spacial score (nSPS) is 22.9. The number of nitrogens with zero attached hydrogens (tertiary/aromatic N) is 1. The van der Waals surface area contributed by atoms with Crippen LogP contribution < -0.4 is 0 Å². The van der Waals surface area contributed by atoms with E-state index in [2.05, 4.69) is 6.58 Å². The lowest BCUT2D eigenvalue weighted by Gasteiger charge is -2.31. The summed E-state index contributed by atoms with van der Waals surface area (Å²) >= 11 is 1.36. The number of carbonyl (C=O) groups is 2. The lowest BCUT2D eigenvalue weighted by Crippen LogP contribution is -2.50. The molecule has 1 rings (SSSR count). The number of aliphatic carboxylic acids is 1. The van der Waals surface area contributed by atoms with Crippen LogP contribution in [-0.4, -0.2) is 46.0 Å². The minimum absolute atomic E-state index is 0.122. The number of hydrogen-bond donors (Lipinski definition) is 1. The van der Waals surface area contributed by atoms with Gasteiger partial charge in [-0.1, -0.05) is 6.08 Å². The van der Waals surface area contributed by atoms with Crippen molar-refractivity contribution in [1.29, 1.82) is 0 Å². The Morgan fingerprint density at radius 2 is 2.54 bits per heavy atom. The van der Waals surface area contributed by atoms with Crippen molar-refractivity contribution in [3.8, 4) is 0 Å². The molecule has 1 aliphatic heterocycles. The monoisotopic (exact) mass is 201 g/mol. The van der Waals surface area contributed by atoms with Gasteiger partial charge >= 0.3 is 5.97 Å². The van der Waals surface area contributed by atoms with Gasteiger partial charge in [-0.2, -0.15) is 0 Å². The molecule has 1 saturated heterocycles. The highest BCUT2D eigenvalue weighted by molar-refractivity contribution is 8.00. The van der Waals surface area contributed by atoms with Crippen LogP contribution >= 0.6 is 11.8 Å². The molecule has 1 amide bonds. The molecule has 0 saturated carbocycles. The van der Waals surface area contributed by atoms with Crippen LogP contribution in [0.15, 0.2) is 12.7 Å². The number of carbonyl (C=O) groups excluding carboxylic acids is 1. The molecule has 0 aromatic carbocycles. The van der Waals surface area contributed by atoms with Gasteiger partial charge in [-0.05, 0) is 0 Å². The fourth-order valence-electron chi connectivity index (χ4n) is 1.18. The first-order chi connectivity index (χ1) is 6.16. The molecule has 1 heterocycles. The molecule has 1 atom stereocenters. The highest BCUT2D eigenvalue weighted by Gasteiger charge is 2.32. The maximum atomic E-state index is 11.3. The molecule has 1 unspecified atom stereocenters. The molecular weight excluding hydrogens is 190 g/mol. The smallest absolute Gasteiger partial charge is 0.327 e. The summed E-state index contributed by atoms with van der Waals surface area (Å²) in [6.45, 7) is 3.81. The summed E-state index contributed by atoms with van der Waals surface area (Å²) in [4.78, 5) is 23.4. The predicted molar refractivity (Wildman–Crippen MR) is 50.7 cm³/mol. The van der Waals surface area contributed by atoms with Crippen molar-refractivity contribution in [1.82, 2.24) is 4.90 Å². The lowest BCUT2D eigenvalue weighted by molar-refractivity contribution is -0.148. The summed E-state index contributed by atoms with van der Waals surface area (Å²) in [7, 11) is 0. The highest BCUT2D eigenvalue weighted by Crippen LogP contribution is 2.17. The third kappa shape index (κ3) is 2.24. The average Bonchev–Trinajstić information content (AvgIpc) is 2.08. The van der Waals surface area contributed by atoms with Crippen LogP contribution in [0.25, 0.3) is 0 Å². The standard InChI is InChI=1S/C8H11NO3S/c1-2-3-9-6(8(11)12)4-13-5-7(9)10/h2,6H,1,3-5H2,(H,11,12). The van der Waals surface area contributed by atoms with E-state index in [9.17, 15) is 9.59 Å². The van der Waals surface area contributed by atoms with Gasteiger partial charge in [-0.3, -0.25) is 4.79 Å². The third-order valence-corrected chi connectivity index (χ3v) is 2.81. The van der Waals surface area contributed by atoms with Crippen LogP contribution in [0.5, 0.6) is 0 Å². The van der Waals surface area contributed by atoms with Crippen LogP contribution in [-0.2, 0) is 9.59 Å². The molecule has 0 aliphatic carbocycles. The Hall–Kier alpha value is -0.970. The van der Waals surface area contributed by atoms with Gasteiger partial charge in [0, 0.05) is 12.3 Å². The molecule has 0 aromatic heterocycles. The number of thioether (sulfide) groups is 1. The Balaban J connectivity index is 2.73. The summed E-state index contributed by atoms with van der Waals surface area (Å²) in [6.07, 6.45) is 1.55. The van der Waals surface area contributed by atoms with E-state index in [1.807, 2.05) is 0 Å². The average molecular weight is 201 g/mol. The van der Waals surface area contributed by atoms with E-state index < -0.39 is 12.0 Å². The highest BCUT2D eigenvalue weighted by atomic mass is 32.2. The summed E-state index contributed by atoms with van der Waals surface area (Å²) in [6, 6.07) is -0.691. The molecule has 0 bridgehead atoms. The predicted octanol–water partition coefficient (Wildman–Crippen LogP) is 0.201. The number of amides is 1. The van der Waals surface area contributed by atoms with Gasteiger partial charge in [0.2, 0.25) is 5.91 Å². The first-order valence-electron chi connectivity index (χ1n) is 3.87. The largest absolute Gasteiger partial charge is 0.480 e. The minimum Gasteiger partial charge on any atom is -0.480 e. The fourth-order valence-corrected chi connectivity index (χ4v) is 2.18. The molecule has 5 heteroatoms. The van der Waals surface area contributed by atoms with E-state index in [0.717, 1.165) is 0 Å². The summed E-state index contributed by atoms with van der Waals surface area (Å²) in [5.74, 6) is -0.224. The molecule has 13 heavy (non-hydrogen) atoms. The van der Waals surface area contributed by atoms with Crippen molar-refractivity contribution in [2.24, 2.45) is 0 Å². The molecule has 0 aromatic rings. The van der Waals surface area contributed by atoms with Crippen molar-refractivity contribution in [2.45, 2.75) is 6.04 Å². The number of carboxylic acid groups (broad SMARTS) is 1. The molecule has 1 aliphatic rings. The quantitative estimate of drug-likeness (QED) is 0.663. The molecule has 4 nitrogen and oxygen atoms in total. The Morgan fingerprint density at radius 3 is 3.08 bits per heavy atom. The Morgan fingerprint density at radius 1 is 1.85 bits per heavy atom. The van der Waals surface area contributed by atoms with Gasteiger partial charge in [-0.15, -0.1) is 18.3 Å². The second kappa shape index (κ2) is 4.32. The van der Waals surface area contributed by atoms with Crippen molar-refractivity contribution >= 4 is 23.6 Å². The van der Waals surface area contributed by atoms with E-state index in [-0.39, 0.29) is 5.91 Å². The van der Waals surface area contributed by atoms with Gasteiger partial charge in [0.05, 0.1) is 5.75 Å². The van der Waals surface area contributed by atoms with Crippen molar-refractivity contribution in [2.75, 3.05) is 18.1 Å². The zero-order chi connectivity index (χ0) is 9.84. The molecule has 0 radical (unpaired) electrons. The van der Waals surface area contributed by atoms with Crippen molar-refractivity contribution in [3.05, 3.63) is 12.7 Å². The van der Waals surface area contributed by atoms with E-state index in [0.29, 0.717) is 18.1 Å². The second-order valence-electron chi connectivity index (χ2n) is 2.70. The van der Waals surface area contributed by atoms with Crippen molar-refractivity contribution in [3.63, 3.8) is 0 Å². The van der Waals surface area contributed by atoms with Gasteiger partial charge in [0.1, 0.15) is 6.04 Å². The van der Waals surface area contributed by atoms with Crippen LogP contribution in [0.3, 0.4) is 0 Å². The van der Waals surface area contributed by atoms with Crippen LogP contribution in [0.1, 0.15) is 0 Å². The van der Waals surface area contributed by atoms with Crippen LogP contribution in [0.2, 0.25) is 0 Å². The van der Waals surface area contributed by atoms with Crippen molar-refractivity contribution < 1.29 is 14.7 Å². The van der Waals surface area contributed by atoms with E-state index in [1.165, 1.54) is 16.7 Å². The Bertz CT molecular complexity index is 242. The van der Waals surface area contributed by atoms with Gasteiger partial charge < -0.3 is 10.0 Å². The zero-order valence-corrected chi connectivity index (χ0v) is 7.92. The summed E-state index contributed by atoms with van der Waals surface area (Å²) < 4.78 is 0. The number of carboxylic acids is 1. The third-order valence-electron chi connectivity index (χ3n) is 1.81. The first-order valence-corrected chi connectivity index (χ1v) is 5.03. The molecule has 1 N–H and O–H groups in total. The molecule has 0 spiro atoms. The fraction of sp³-hybridized carbons (Fsp3) is 0.500. The lowest BCUT2D eigenvalue weighted by atomic mass is 10.2. The van der Waals surface area contributed by atoms with E-state index in [1.54, 1.807) is 6.08 Å². The Labute approximate surface area is 80.6 Å². The van der Waals surface area contributed by atoms with E-state index in [4.69, 9.17) is 5.11 Å². The van der Waals surface area contributed by atoms with Crippen LogP contribution in [0.4, 0.5) is 0 Å². The maximum absolute atomic E-state index is 11.3. The summed E-state index contributed by atoms with van der Waals surface area (Å²) in [5, 5.41) is 8.81. The maximum Gasteiger partial charge on any atom is 0.327 e. The number of rotatable bonds is 3. The van der Waals surface area contributed by atoms with Gasteiger partial charge in [0.25, 0.3) is 0 Å². The van der Waals surface area contributed by atoms with Gasteiger partial charge in [0.15, 0.2) is 0 Å². The SMILES string of the molecule is C=CCN1C(=O)CSCC1C(=O)O. The minimum atomic E-state index is -0.942. The second-order valence-corrected chi connectivity index (χ2v) is 3.73. The molecule has 1 fully saturated rings. The number of hydrogen-bond acceptors (Lipinski definition) is 3. The van der Waals surface area contributed by atoms with Crippen LogP contribution in [0, 0.1) is 0 Å². The summed E-state index contributed by atoms with van der Waals surface area (Å²) in [5.41, 5.74) is 0.